The molecule has 154 valence electrons. The lowest BCUT2D eigenvalue weighted by Gasteiger charge is -2.43. The van der Waals surface area contributed by atoms with Gasteiger partial charge in [0.15, 0.2) is 0 Å². The molecule has 1 N–H and O–H groups in total. The fraction of sp³-hybridized carbons (Fsp3) is 0.308. The minimum atomic E-state index is -2.45. The summed E-state index contributed by atoms with van der Waals surface area (Å²) < 4.78 is 6.86. The van der Waals surface area contributed by atoms with Gasteiger partial charge >= 0.3 is 0 Å². The summed E-state index contributed by atoms with van der Waals surface area (Å²) in [6.07, 6.45) is 7.16. The van der Waals surface area contributed by atoms with Gasteiger partial charge in [-0.3, -0.25) is 0 Å². The van der Waals surface area contributed by atoms with Crippen LogP contribution in [0.25, 0.3) is 0 Å². The van der Waals surface area contributed by atoms with Crippen molar-refractivity contribution in [3.8, 4) is 0 Å². The van der Waals surface area contributed by atoms with E-state index in [4.69, 9.17) is 4.43 Å². The largest absolute Gasteiger partial charge is 0.508 e. The fourth-order valence-electron chi connectivity index (χ4n) is 3.62. The Labute approximate surface area is 177 Å². The molecule has 0 aliphatic carbocycles. The van der Waals surface area contributed by atoms with Gasteiger partial charge in [0.05, 0.1) is 0 Å². The average molecular weight is 407 g/mol. The molecule has 0 aromatic heterocycles. The highest BCUT2D eigenvalue weighted by Crippen LogP contribution is 2.36. The Morgan fingerprint density at radius 2 is 1.52 bits per heavy atom. The van der Waals surface area contributed by atoms with E-state index >= 15 is 0 Å². The standard InChI is InChI=1S/C26H34O2Si/c1-6-22(2)25(27)20-14-9-15-21-28-29(26(3,4)5,23-16-10-7-11-17-23)24-18-12-8-13-19-24/h6-8,10-14,16-20,27H,1,9,15,21H2,2-5H3/b20-14+,25-22-. The van der Waals surface area contributed by atoms with E-state index in [0.717, 1.165) is 18.4 Å². The normalized spacial score (nSPS) is 13.4. The summed E-state index contributed by atoms with van der Waals surface area (Å²) >= 11 is 0. The van der Waals surface area contributed by atoms with Crippen molar-refractivity contribution in [2.45, 2.75) is 45.6 Å². The van der Waals surface area contributed by atoms with Crippen LogP contribution < -0.4 is 10.4 Å². The second-order valence-corrected chi connectivity index (χ2v) is 12.6. The Morgan fingerprint density at radius 1 is 1.00 bits per heavy atom. The van der Waals surface area contributed by atoms with Gasteiger partial charge in [0.25, 0.3) is 8.32 Å². The van der Waals surface area contributed by atoms with Crippen LogP contribution in [0.2, 0.25) is 5.04 Å². The summed E-state index contributed by atoms with van der Waals surface area (Å²) in [4.78, 5) is 0. The molecular formula is C26H34O2Si. The van der Waals surface area contributed by atoms with Crippen molar-refractivity contribution in [1.82, 2.24) is 0 Å². The van der Waals surface area contributed by atoms with Crippen LogP contribution in [0.4, 0.5) is 0 Å². The summed E-state index contributed by atoms with van der Waals surface area (Å²) in [5.41, 5.74) is 0.782. The van der Waals surface area contributed by atoms with E-state index < -0.39 is 8.32 Å². The van der Waals surface area contributed by atoms with Crippen molar-refractivity contribution in [1.29, 1.82) is 0 Å². The van der Waals surface area contributed by atoms with Gasteiger partial charge in [-0.25, -0.2) is 0 Å². The molecule has 0 fully saturated rings. The van der Waals surface area contributed by atoms with Gasteiger partial charge in [0.2, 0.25) is 0 Å². The zero-order valence-corrected chi connectivity index (χ0v) is 19.2. The van der Waals surface area contributed by atoms with E-state index in [1.54, 1.807) is 12.2 Å². The monoisotopic (exact) mass is 406 g/mol. The summed E-state index contributed by atoms with van der Waals surface area (Å²) in [5.74, 6) is 0.271. The van der Waals surface area contributed by atoms with Crippen molar-refractivity contribution in [3.63, 3.8) is 0 Å². The maximum Gasteiger partial charge on any atom is 0.261 e. The molecule has 2 aromatic carbocycles. The van der Waals surface area contributed by atoms with Crippen LogP contribution in [-0.4, -0.2) is 20.0 Å². The molecule has 0 amide bonds. The van der Waals surface area contributed by atoms with Gasteiger partial charge in [-0.05, 0) is 46.8 Å². The molecule has 0 heterocycles. The molecule has 29 heavy (non-hydrogen) atoms. The number of unbranched alkanes of at least 4 members (excludes halogenated alkanes) is 1. The van der Waals surface area contributed by atoms with Gasteiger partial charge < -0.3 is 9.53 Å². The van der Waals surface area contributed by atoms with Crippen LogP contribution >= 0.6 is 0 Å². The predicted octanol–water partition coefficient (Wildman–Crippen LogP) is 5.92. The Balaban J connectivity index is 2.24. The molecule has 0 saturated heterocycles. The molecule has 0 aliphatic rings. The lowest BCUT2D eigenvalue weighted by molar-refractivity contribution is 0.293. The van der Waals surface area contributed by atoms with Crippen LogP contribution in [0.5, 0.6) is 0 Å². The first-order chi connectivity index (χ1) is 13.8. The van der Waals surface area contributed by atoms with E-state index in [0.29, 0.717) is 6.61 Å². The molecule has 0 bridgehead atoms. The predicted molar refractivity (Wildman–Crippen MR) is 127 cm³/mol. The van der Waals surface area contributed by atoms with Crippen molar-refractivity contribution in [3.05, 3.63) is 96.8 Å². The Morgan fingerprint density at radius 3 is 1.97 bits per heavy atom. The van der Waals surface area contributed by atoms with E-state index in [2.05, 4.69) is 88.0 Å². The molecule has 0 saturated carbocycles. The zero-order valence-electron chi connectivity index (χ0n) is 18.2. The first-order valence-corrected chi connectivity index (χ1v) is 12.2. The van der Waals surface area contributed by atoms with E-state index in [1.807, 2.05) is 13.0 Å². The average Bonchev–Trinajstić information content (AvgIpc) is 2.73. The number of rotatable bonds is 9. The number of aliphatic hydroxyl groups is 1. The van der Waals surface area contributed by atoms with Crippen LogP contribution in [0.3, 0.4) is 0 Å². The molecule has 0 radical (unpaired) electrons. The molecule has 2 rings (SSSR count). The second kappa shape index (κ2) is 10.4. The van der Waals surface area contributed by atoms with Gasteiger partial charge in [0.1, 0.15) is 5.76 Å². The van der Waals surface area contributed by atoms with Crippen molar-refractivity contribution in [2.24, 2.45) is 0 Å². The van der Waals surface area contributed by atoms with Crippen LogP contribution in [0.15, 0.2) is 96.8 Å². The molecule has 0 unspecified atom stereocenters. The highest BCUT2D eigenvalue weighted by atomic mass is 28.4. The first-order valence-electron chi connectivity index (χ1n) is 10.3. The third kappa shape index (κ3) is 5.59. The molecule has 0 atom stereocenters. The van der Waals surface area contributed by atoms with Gasteiger partial charge in [-0.2, -0.15) is 0 Å². The summed E-state index contributed by atoms with van der Waals surface area (Å²) in [7, 11) is -2.45. The SMILES string of the molecule is C=C/C(C)=C(O)/C=C/CCCO[Si](c1ccccc1)(c1ccccc1)C(C)(C)C. The number of hydrogen-bond acceptors (Lipinski definition) is 2. The molecule has 0 spiro atoms. The topological polar surface area (TPSA) is 29.5 Å². The summed E-state index contributed by atoms with van der Waals surface area (Å²) in [6.45, 7) is 13.1. The lowest BCUT2D eigenvalue weighted by atomic mass is 10.2. The zero-order chi connectivity index (χ0) is 21.3. The molecule has 2 nitrogen and oxygen atoms in total. The summed E-state index contributed by atoms with van der Waals surface area (Å²) in [6, 6.07) is 21.4. The van der Waals surface area contributed by atoms with Crippen molar-refractivity contribution < 1.29 is 9.53 Å². The number of hydrogen-bond donors (Lipinski definition) is 1. The summed E-state index contributed by atoms with van der Waals surface area (Å²) in [5, 5.41) is 12.5. The van der Waals surface area contributed by atoms with E-state index in [9.17, 15) is 5.11 Å². The van der Waals surface area contributed by atoms with Crippen molar-refractivity contribution in [2.75, 3.05) is 6.61 Å². The Hall–Kier alpha value is -2.36. The van der Waals surface area contributed by atoms with E-state index in [1.165, 1.54) is 10.4 Å². The smallest absolute Gasteiger partial charge is 0.261 e. The fourth-order valence-corrected chi connectivity index (χ4v) is 8.22. The second-order valence-electron chi connectivity index (χ2n) is 8.33. The maximum atomic E-state index is 9.90. The van der Waals surface area contributed by atoms with Gasteiger partial charge in [-0.15, -0.1) is 0 Å². The Bertz CT molecular complexity index is 791. The number of allylic oxidation sites excluding steroid dienone is 4. The van der Waals surface area contributed by atoms with Crippen LogP contribution in [0.1, 0.15) is 40.5 Å². The number of aliphatic hydroxyl groups excluding tert-OH is 1. The minimum absolute atomic E-state index is 0.00632. The third-order valence-electron chi connectivity index (χ3n) is 5.24. The van der Waals surface area contributed by atoms with Crippen molar-refractivity contribution >= 4 is 18.7 Å². The van der Waals surface area contributed by atoms with E-state index in [-0.39, 0.29) is 10.8 Å². The maximum absolute atomic E-state index is 9.90. The van der Waals surface area contributed by atoms with Crippen LogP contribution in [0, 0.1) is 0 Å². The molecule has 0 aliphatic heterocycles. The van der Waals surface area contributed by atoms with Gasteiger partial charge in [-0.1, -0.05) is 100 Å². The third-order valence-corrected chi connectivity index (χ3v) is 10.3. The van der Waals surface area contributed by atoms with Gasteiger partial charge in [0, 0.05) is 6.61 Å². The molecule has 3 heteroatoms. The number of benzene rings is 2. The van der Waals surface area contributed by atoms with Crippen LogP contribution in [-0.2, 0) is 4.43 Å². The highest BCUT2D eigenvalue weighted by molar-refractivity contribution is 6.99. The first kappa shape index (κ1) is 22.9. The lowest BCUT2D eigenvalue weighted by Crippen LogP contribution is -2.66. The highest BCUT2D eigenvalue weighted by Gasteiger charge is 2.49. The Kier molecular flexibility index (Phi) is 8.24. The molecule has 2 aromatic rings. The minimum Gasteiger partial charge on any atom is -0.508 e. The quantitative estimate of drug-likeness (QED) is 0.242. The molecular weight excluding hydrogens is 372 g/mol.